The van der Waals surface area contributed by atoms with Crippen molar-refractivity contribution in [3.05, 3.63) is 57.6 Å². The molecule has 0 spiro atoms. The van der Waals surface area contributed by atoms with Crippen LogP contribution in [0.25, 0.3) is 11.0 Å². The van der Waals surface area contributed by atoms with Crippen molar-refractivity contribution >= 4 is 25.1 Å². The molecule has 0 fully saturated rings. The fourth-order valence-corrected chi connectivity index (χ4v) is 6.15. The molecule has 3 aromatic rings. The normalized spacial score (nSPS) is 14.9. The number of nitrogens with zero attached hydrogens (tertiary/aromatic N) is 3. The van der Waals surface area contributed by atoms with Gasteiger partial charge in [-0.25, -0.2) is 4.68 Å². The Kier molecular flexibility index (Phi) is 6.95. The number of aliphatic hydroxyl groups is 1. The Bertz CT molecular complexity index is 1260. The van der Waals surface area contributed by atoms with E-state index in [4.69, 9.17) is 4.74 Å². The number of carbonyl (C=O) groups is 1. The highest BCUT2D eigenvalue weighted by Crippen LogP contribution is 2.45. The van der Waals surface area contributed by atoms with Crippen molar-refractivity contribution in [2.75, 3.05) is 6.61 Å². The van der Waals surface area contributed by atoms with Crippen molar-refractivity contribution in [3.63, 3.8) is 0 Å². The maximum Gasteiger partial charge on any atom is 0.312 e. The van der Waals surface area contributed by atoms with Crippen LogP contribution in [0.3, 0.4) is 0 Å². The molecule has 0 radical (unpaired) electrons. The van der Waals surface area contributed by atoms with E-state index in [-0.39, 0.29) is 18.5 Å². The lowest BCUT2D eigenvalue weighted by Gasteiger charge is -2.35. The molecule has 1 aliphatic carbocycles. The first-order valence-electron chi connectivity index (χ1n) is 12.7. The molecule has 0 saturated carbocycles. The van der Waals surface area contributed by atoms with E-state index in [9.17, 15) is 9.90 Å². The number of fused-ring (bicyclic) bond motifs is 2. The Morgan fingerprint density at radius 2 is 1.97 bits per heavy atom. The summed E-state index contributed by atoms with van der Waals surface area (Å²) in [6.07, 6.45) is 3.11. The lowest BCUT2D eigenvalue weighted by molar-refractivity contribution is -0.154. The second-order valence-electron chi connectivity index (χ2n) is 11.8. The molecular formula is C28H39N3O3Si. The van der Waals surface area contributed by atoms with Crippen molar-refractivity contribution in [1.29, 1.82) is 0 Å². The van der Waals surface area contributed by atoms with Gasteiger partial charge in [0.25, 0.3) is 0 Å². The molecule has 6 nitrogen and oxygen atoms in total. The molecule has 0 bridgehead atoms. The number of hydrogen-bond donors (Lipinski definition) is 1. The summed E-state index contributed by atoms with van der Waals surface area (Å²) in [5.41, 5.74) is 7.65. The summed E-state index contributed by atoms with van der Waals surface area (Å²) >= 11 is 0. The molecule has 35 heavy (non-hydrogen) atoms. The summed E-state index contributed by atoms with van der Waals surface area (Å²) in [7, 11) is 0.567. The maximum atomic E-state index is 13.6. The number of rotatable bonds is 8. The monoisotopic (exact) mass is 493 g/mol. The molecular weight excluding hydrogens is 454 g/mol. The first-order valence-corrected chi connectivity index (χ1v) is 16.4. The Morgan fingerprint density at radius 3 is 2.66 bits per heavy atom. The van der Waals surface area contributed by atoms with Crippen LogP contribution in [-0.2, 0) is 36.0 Å². The standard InChI is InChI=1S/C28H39N3O3Si/c1-18-22(11-12-24-26(18)29-30-31(24)4)25(28(2,3)27(33)34-13-14-35(5,6)7)20-15-19-9-8-10-23(19)21(16-20)17-32/h11-12,15-16,25,32H,8-10,13-14,17H2,1-7H3/t25-/m0/s1. The van der Waals surface area contributed by atoms with E-state index >= 15 is 0 Å². The Hall–Kier alpha value is -2.51. The van der Waals surface area contributed by atoms with Gasteiger partial charge in [-0.15, -0.1) is 5.10 Å². The van der Waals surface area contributed by atoms with Crippen LogP contribution in [0.15, 0.2) is 24.3 Å². The minimum atomic E-state index is -1.32. The average Bonchev–Trinajstić information content (AvgIpc) is 3.41. The summed E-state index contributed by atoms with van der Waals surface area (Å²) in [6, 6.07) is 9.44. The van der Waals surface area contributed by atoms with Crippen LogP contribution in [0.2, 0.25) is 25.7 Å². The van der Waals surface area contributed by atoms with Crippen molar-refractivity contribution in [1.82, 2.24) is 15.0 Å². The molecule has 2 aromatic carbocycles. The third kappa shape index (κ3) is 4.93. The van der Waals surface area contributed by atoms with Crippen molar-refractivity contribution < 1.29 is 14.6 Å². The van der Waals surface area contributed by atoms with Crippen LogP contribution in [0.4, 0.5) is 0 Å². The third-order valence-corrected chi connectivity index (χ3v) is 9.26. The number of aliphatic hydroxyl groups excluding tert-OH is 1. The van der Waals surface area contributed by atoms with Gasteiger partial charge in [0, 0.05) is 21.0 Å². The number of aryl methyl sites for hydroxylation is 3. The minimum absolute atomic E-state index is 0.00611. The van der Waals surface area contributed by atoms with Crippen LogP contribution in [-0.4, -0.2) is 40.8 Å². The highest BCUT2D eigenvalue weighted by molar-refractivity contribution is 6.76. The van der Waals surface area contributed by atoms with Crippen LogP contribution >= 0.6 is 0 Å². The van der Waals surface area contributed by atoms with Gasteiger partial charge in [0.15, 0.2) is 0 Å². The SMILES string of the molecule is Cc1c([C@H](c2cc(CO)c3c(c2)CCC3)C(C)(C)C(=O)OCC[Si](C)(C)C)ccc2c1nnn2C. The fourth-order valence-electron chi connectivity index (χ4n) is 5.43. The number of benzene rings is 2. The molecule has 1 heterocycles. The van der Waals surface area contributed by atoms with Crippen molar-refractivity contribution in [2.45, 2.75) is 78.2 Å². The van der Waals surface area contributed by atoms with E-state index in [0.717, 1.165) is 58.6 Å². The first kappa shape index (κ1) is 25.6. The maximum absolute atomic E-state index is 13.6. The van der Waals surface area contributed by atoms with Gasteiger partial charge in [-0.05, 0) is 85.5 Å². The number of aromatic nitrogens is 3. The molecule has 0 unspecified atom stereocenters. The van der Waals surface area contributed by atoms with E-state index in [1.54, 1.807) is 4.68 Å². The zero-order valence-corrected chi connectivity index (χ0v) is 23.2. The van der Waals surface area contributed by atoms with Crippen LogP contribution in [0.1, 0.15) is 59.6 Å². The number of carbonyl (C=O) groups excluding carboxylic acids is 1. The molecule has 1 N–H and O–H groups in total. The lowest BCUT2D eigenvalue weighted by Crippen LogP contribution is -2.35. The Labute approximate surface area is 209 Å². The van der Waals surface area contributed by atoms with E-state index < -0.39 is 13.5 Å². The number of ether oxygens (including phenoxy) is 1. The predicted molar refractivity (Wildman–Crippen MR) is 142 cm³/mol. The smallest absolute Gasteiger partial charge is 0.312 e. The summed E-state index contributed by atoms with van der Waals surface area (Å²) in [6.45, 7) is 13.4. The molecule has 1 aliphatic rings. The number of esters is 1. The summed E-state index contributed by atoms with van der Waals surface area (Å²) < 4.78 is 7.68. The van der Waals surface area contributed by atoms with Crippen molar-refractivity contribution in [2.24, 2.45) is 12.5 Å². The van der Waals surface area contributed by atoms with Crippen molar-refractivity contribution in [3.8, 4) is 0 Å². The molecule has 0 amide bonds. The highest BCUT2D eigenvalue weighted by atomic mass is 28.3. The fraction of sp³-hybridized carbons (Fsp3) is 0.536. The quantitative estimate of drug-likeness (QED) is 0.340. The summed E-state index contributed by atoms with van der Waals surface area (Å²) in [5, 5.41) is 18.8. The lowest BCUT2D eigenvalue weighted by atomic mass is 9.69. The second kappa shape index (κ2) is 9.51. The first-order chi connectivity index (χ1) is 16.4. The molecule has 188 valence electrons. The summed E-state index contributed by atoms with van der Waals surface area (Å²) in [5.74, 6) is -0.435. The molecule has 0 saturated heterocycles. The van der Waals surface area contributed by atoms with E-state index in [1.807, 2.05) is 27.0 Å². The van der Waals surface area contributed by atoms with Gasteiger partial charge in [-0.2, -0.15) is 0 Å². The van der Waals surface area contributed by atoms with Gasteiger partial charge in [0.1, 0.15) is 5.52 Å². The Morgan fingerprint density at radius 1 is 1.23 bits per heavy atom. The third-order valence-electron chi connectivity index (χ3n) is 7.56. The minimum Gasteiger partial charge on any atom is -0.466 e. The zero-order chi connectivity index (χ0) is 25.5. The second-order valence-corrected chi connectivity index (χ2v) is 17.4. The van der Waals surface area contributed by atoms with Gasteiger partial charge in [-0.3, -0.25) is 4.79 Å². The van der Waals surface area contributed by atoms with Crippen LogP contribution < -0.4 is 0 Å². The molecule has 1 atom stereocenters. The van der Waals surface area contributed by atoms with Gasteiger partial charge in [0.2, 0.25) is 0 Å². The van der Waals surface area contributed by atoms with Gasteiger partial charge in [-0.1, -0.05) is 43.1 Å². The van der Waals surface area contributed by atoms with E-state index in [2.05, 4.69) is 55.1 Å². The number of hydrogen-bond acceptors (Lipinski definition) is 5. The molecule has 7 heteroatoms. The van der Waals surface area contributed by atoms with E-state index in [1.165, 1.54) is 11.1 Å². The average molecular weight is 494 g/mol. The van der Waals surface area contributed by atoms with Gasteiger partial charge < -0.3 is 9.84 Å². The van der Waals surface area contributed by atoms with Gasteiger partial charge >= 0.3 is 5.97 Å². The van der Waals surface area contributed by atoms with E-state index in [0.29, 0.717) is 6.61 Å². The largest absolute Gasteiger partial charge is 0.466 e. The topological polar surface area (TPSA) is 77.2 Å². The summed E-state index contributed by atoms with van der Waals surface area (Å²) in [4.78, 5) is 13.6. The predicted octanol–water partition coefficient (Wildman–Crippen LogP) is 5.30. The Balaban J connectivity index is 1.84. The molecule has 1 aromatic heterocycles. The molecule has 0 aliphatic heterocycles. The van der Waals surface area contributed by atoms with Crippen LogP contribution in [0.5, 0.6) is 0 Å². The van der Waals surface area contributed by atoms with Crippen LogP contribution in [0, 0.1) is 12.3 Å². The van der Waals surface area contributed by atoms with Gasteiger partial charge in [0.05, 0.1) is 24.1 Å². The molecule has 4 rings (SSSR count). The highest BCUT2D eigenvalue weighted by Gasteiger charge is 2.42. The zero-order valence-electron chi connectivity index (χ0n) is 22.2.